The predicted molar refractivity (Wildman–Crippen MR) is 125 cm³/mol. The summed E-state index contributed by atoms with van der Waals surface area (Å²) in [5, 5.41) is 0. The molecule has 1 aliphatic rings. The first-order chi connectivity index (χ1) is 16.5. The van der Waals surface area contributed by atoms with Crippen LogP contribution in [0.5, 0.6) is 23.0 Å². The zero-order valence-electron chi connectivity index (χ0n) is 19.1. The van der Waals surface area contributed by atoms with E-state index in [0.29, 0.717) is 39.7 Å². The summed E-state index contributed by atoms with van der Waals surface area (Å²) in [4.78, 5) is 25.5. The first-order valence-electron chi connectivity index (χ1n) is 10.7. The highest BCUT2D eigenvalue weighted by Gasteiger charge is 2.30. The number of fused-ring (bicyclic) bond motifs is 1. The minimum absolute atomic E-state index is 0.142. The number of benzene rings is 3. The van der Waals surface area contributed by atoms with E-state index in [1.807, 2.05) is 18.2 Å². The number of allylic oxidation sites excluding steroid dienone is 1. The number of methoxy groups -OCH3 is 2. The Balaban J connectivity index is 1.61. The number of hydrogen-bond acceptors (Lipinski definition) is 7. The van der Waals surface area contributed by atoms with Crippen molar-refractivity contribution in [3.05, 3.63) is 89.2 Å². The van der Waals surface area contributed by atoms with Gasteiger partial charge in [-0.1, -0.05) is 30.3 Å². The Hall–Kier alpha value is -4.26. The third-order valence-corrected chi connectivity index (χ3v) is 5.22. The van der Waals surface area contributed by atoms with Crippen LogP contribution in [0.25, 0.3) is 6.08 Å². The number of hydrogen-bond donors (Lipinski definition) is 0. The molecule has 0 saturated carbocycles. The molecule has 7 nitrogen and oxygen atoms in total. The summed E-state index contributed by atoms with van der Waals surface area (Å²) in [7, 11) is 3.11. The topological polar surface area (TPSA) is 80.3 Å². The molecule has 0 bridgehead atoms. The second-order valence-electron chi connectivity index (χ2n) is 7.37. The van der Waals surface area contributed by atoms with E-state index < -0.39 is 12.1 Å². The maximum Gasteiger partial charge on any atom is 0.352 e. The largest absolute Gasteiger partial charge is 0.497 e. The number of carbonyl (C=O) groups is 2. The zero-order valence-corrected chi connectivity index (χ0v) is 19.1. The number of carbonyl (C=O) groups excluding carboxylic acids is 2. The summed E-state index contributed by atoms with van der Waals surface area (Å²) < 4.78 is 27.7. The molecule has 0 fully saturated rings. The lowest BCUT2D eigenvalue weighted by molar-refractivity contribution is -0.151. The van der Waals surface area contributed by atoms with Gasteiger partial charge in [-0.25, -0.2) is 4.79 Å². The van der Waals surface area contributed by atoms with Crippen LogP contribution in [0, 0.1) is 0 Å². The molecule has 174 valence electrons. The van der Waals surface area contributed by atoms with Crippen molar-refractivity contribution >= 4 is 17.8 Å². The second-order valence-corrected chi connectivity index (χ2v) is 7.37. The first-order valence-corrected chi connectivity index (χ1v) is 10.7. The molecule has 1 aliphatic heterocycles. The van der Waals surface area contributed by atoms with Crippen molar-refractivity contribution in [1.29, 1.82) is 0 Å². The van der Waals surface area contributed by atoms with E-state index in [-0.39, 0.29) is 18.1 Å². The number of ether oxygens (including phenoxy) is 5. The lowest BCUT2D eigenvalue weighted by atomic mass is 10.1. The van der Waals surface area contributed by atoms with Crippen LogP contribution in [-0.4, -0.2) is 32.6 Å². The monoisotopic (exact) mass is 460 g/mol. The van der Waals surface area contributed by atoms with Crippen molar-refractivity contribution in [1.82, 2.24) is 0 Å². The first kappa shape index (κ1) is 22.9. The van der Waals surface area contributed by atoms with Crippen LogP contribution in [0.1, 0.15) is 34.5 Å². The lowest BCUT2D eigenvalue weighted by Gasteiger charge is -2.18. The molecule has 0 aromatic heterocycles. The van der Waals surface area contributed by atoms with Crippen molar-refractivity contribution in [2.24, 2.45) is 0 Å². The molecule has 7 heteroatoms. The summed E-state index contributed by atoms with van der Waals surface area (Å²) in [5.41, 5.74) is 1.69. The van der Waals surface area contributed by atoms with Gasteiger partial charge in [0, 0.05) is 17.2 Å². The van der Waals surface area contributed by atoms with Gasteiger partial charge in [-0.2, -0.15) is 0 Å². The molecular weight excluding hydrogens is 436 g/mol. The third kappa shape index (κ3) is 4.73. The van der Waals surface area contributed by atoms with Gasteiger partial charge in [0.05, 0.1) is 26.4 Å². The highest BCUT2D eigenvalue weighted by Crippen LogP contribution is 2.37. The van der Waals surface area contributed by atoms with Gasteiger partial charge in [0.15, 0.2) is 5.76 Å². The predicted octanol–water partition coefficient (Wildman–Crippen LogP) is 5.00. The van der Waals surface area contributed by atoms with E-state index >= 15 is 0 Å². The van der Waals surface area contributed by atoms with Crippen molar-refractivity contribution in [3.8, 4) is 23.0 Å². The Morgan fingerprint density at radius 3 is 2.44 bits per heavy atom. The van der Waals surface area contributed by atoms with Crippen LogP contribution < -0.4 is 18.9 Å². The van der Waals surface area contributed by atoms with E-state index in [9.17, 15) is 9.59 Å². The molecule has 4 rings (SSSR count). The van der Waals surface area contributed by atoms with Crippen molar-refractivity contribution in [2.75, 3.05) is 20.8 Å². The molecule has 3 aromatic rings. The van der Waals surface area contributed by atoms with Crippen molar-refractivity contribution < 1.29 is 33.3 Å². The standard InChI is InChI=1S/C27H24O7/c1-4-32-27(29)26(17-8-6-5-7-9-17)33-20-10-12-21-23(16-20)34-24(25(21)28)15-18-14-19(30-2)11-13-22(18)31-3/h5-16,26H,4H2,1-3H3/t26-/m0/s1. The smallest absolute Gasteiger partial charge is 0.352 e. The average molecular weight is 460 g/mol. The number of rotatable bonds is 8. The molecule has 0 radical (unpaired) electrons. The molecule has 1 heterocycles. The Morgan fingerprint density at radius 1 is 0.971 bits per heavy atom. The van der Waals surface area contributed by atoms with Crippen molar-refractivity contribution in [2.45, 2.75) is 13.0 Å². The van der Waals surface area contributed by atoms with E-state index in [4.69, 9.17) is 23.7 Å². The Morgan fingerprint density at radius 2 is 1.74 bits per heavy atom. The van der Waals surface area contributed by atoms with E-state index in [0.717, 1.165) is 0 Å². The molecule has 0 unspecified atom stereocenters. The van der Waals surface area contributed by atoms with Gasteiger partial charge >= 0.3 is 5.97 Å². The van der Waals surface area contributed by atoms with Crippen LogP contribution in [0.15, 0.2) is 72.5 Å². The van der Waals surface area contributed by atoms with E-state index in [1.165, 1.54) is 0 Å². The zero-order chi connectivity index (χ0) is 24.1. The molecule has 0 saturated heterocycles. The molecule has 0 aliphatic carbocycles. The van der Waals surface area contributed by atoms with Crippen molar-refractivity contribution in [3.63, 3.8) is 0 Å². The SMILES string of the molecule is CCOC(=O)[C@@H](Oc1ccc2c(c1)OC(=Cc1cc(OC)ccc1OC)C2=O)c1ccccc1. The molecular formula is C27H24O7. The molecule has 0 N–H and O–H groups in total. The third-order valence-electron chi connectivity index (χ3n) is 5.22. The summed E-state index contributed by atoms with van der Waals surface area (Å²) in [6.45, 7) is 1.97. The van der Waals surface area contributed by atoms with E-state index in [1.54, 1.807) is 75.8 Å². The van der Waals surface area contributed by atoms with Gasteiger partial charge in [0.1, 0.15) is 23.0 Å². The summed E-state index contributed by atoms with van der Waals surface area (Å²) in [6, 6.07) is 19.2. The summed E-state index contributed by atoms with van der Waals surface area (Å²) in [5.74, 6) is 1.28. The fourth-order valence-electron chi connectivity index (χ4n) is 3.57. The van der Waals surface area contributed by atoms with Crippen LogP contribution in [0.3, 0.4) is 0 Å². The molecule has 0 spiro atoms. The lowest BCUT2D eigenvalue weighted by Crippen LogP contribution is -2.21. The van der Waals surface area contributed by atoms with Gasteiger partial charge in [0.25, 0.3) is 0 Å². The van der Waals surface area contributed by atoms with Crippen LogP contribution in [0.2, 0.25) is 0 Å². The Kier molecular flexibility index (Phi) is 6.82. The Labute approximate surface area is 197 Å². The molecule has 3 aromatic carbocycles. The molecule has 0 amide bonds. The van der Waals surface area contributed by atoms with Gasteiger partial charge < -0.3 is 23.7 Å². The maximum absolute atomic E-state index is 12.9. The van der Waals surface area contributed by atoms with Crippen LogP contribution in [-0.2, 0) is 9.53 Å². The number of Topliss-reactive ketones (excluding diaryl/α,β-unsaturated/α-hetero) is 1. The second kappa shape index (κ2) is 10.1. The minimum atomic E-state index is -0.952. The van der Waals surface area contributed by atoms with Gasteiger partial charge in [-0.3, -0.25) is 4.79 Å². The average Bonchev–Trinajstić information content (AvgIpc) is 3.17. The fraction of sp³-hybridized carbons (Fsp3) is 0.185. The van der Waals surface area contributed by atoms with Gasteiger partial charge in [0.2, 0.25) is 11.9 Å². The highest BCUT2D eigenvalue weighted by molar-refractivity contribution is 6.14. The number of esters is 1. The van der Waals surface area contributed by atoms with Crippen LogP contribution >= 0.6 is 0 Å². The summed E-state index contributed by atoms with van der Waals surface area (Å²) >= 11 is 0. The van der Waals surface area contributed by atoms with Crippen LogP contribution in [0.4, 0.5) is 0 Å². The highest BCUT2D eigenvalue weighted by atomic mass is 16.6. The number of ketones is 1. The van der Waals surface area contributed by atoms with Gasteiger partial charge in [-0.15, -0.1) is 0 Å². The Bertz CT molecular complexity index is 1230. The minimum Gasteiger partial charge on any atom is -0.497 e. The van der Waals surface area contributed by atoms with E-state index in [2.05, 4.69) is 0 Å². The molecule has 34 heavy (non-hydrogen) atoms. The summed E-state index contributed by atoms with van der Waals surface area (Å²) in [6.07, 6.45) is 0.655. The maximum atomic E-state index is 12.9. The molecule has 1 atom stereocenters. The quantitative estimate of drug-likeness (QED) is 0.346. The fourth-order valence-corrected chi connectivity index (χ4v) is 3.57. The van der Waals surface area contributed by atoms with Gasteiger partial charge in [-0.05, 0) is 43.3 Å². The normalized spacial score (nSPS) is 14.2.